The molecule has 0 aliphatic heterocycles. The van der Waals surface area contributed by atoms with Gasteiger partial charge in [0.05, 0.1) is 0 Å². The molecule has 1 atom stereocenters. The number of unbranched alkanes of at least 4 members (excludes halogenated alkanes) is 1. The average molecular weight is 334 g/mol. The van der Waals surface area contributed by atoms with Gasteiger partial charge in [-0.3, -0.25) is 0 Å². The predicted octanol–water partition coefficient (Wildman–Crippen LogP) is 7.09. The molecule has 0 heterocycles. The number of hydrogen-bond acceptors (Lipinski definition) is 1. The maximum atomic E-state index is 3.61. The summed E-state index contributed by atoms with van der Waals surface area (Å²) in [5.41, 5.74) is 4.17. The summed E-state index contributed by atoms with van der Waals surface area (Å²) in [4.78, 5) is 0. The van der Waals surface area contributed by atoms with E-state index < -0.39 is 0 Å². The SMILES string of the molecule is CC.CCCC.CCCNC(C=C(C)C)CCc1ccc(C)cc1. The maximum Gasteiger partial charge on any atom is 0.0255 e. The van der Waals surface area contributed by atoms with E-state index in [-0.39, 0.29) is 0 Å². The molecule has 0 saturated heterocycles. The van der Waals surface area contributed by atoms with Crippen LogP contribution in [-0.4, -0.2) is 12.6 Å². The molecular weight excluding hydrogens is 290 g/mol. The first-order valence-electron chi connectivity index (χ1n) is 9.97. The zero-order valence-electron chi connectivity index (χ0n) is 17.7. The Morgan fingerprint density at radius 2 is 1.50 bits per heavy atom. The van der Waals surface area contributed by atoms with Crippen LogP contribution in [0, 0.1) is 6.92 Å². The second-order valence-corrected chi connectivity index (χ2v) is 6.33. The highest BCUT2D eigenvalue weighted by Gasteiger charge is 2.04. The largest absolute Gasteiger partial charge is 0.311 e. The van der Waals surface area contributed by atoms with E-state index in [0.717, 1.165) is 13.0 Å². The van der Waals surface area contributed by atoms with Gasteiger partial charge >= 0.3 is 0 Å². The van der Waals surface area contributed by atoms with E-state index in [1.807, 2.05) is 13.8 Å². The normalized spacial score (nSPS) is 10.7. The molecule has 0 bridgehead atoms. The quantitative estimate of drug-likeness (QED) is 0.500. The zero-order chi connectivity index (χ0) is 18.8. The third kappa shape index (κ3) is 15.8. The summed E-state index contributed by atoms with van der Waals surface area (Å²) in [5.74, 6) is 0. The Hall–Kier alpha value is -1.08. The van der Waals surface area contributed by atoms with Gasteiger partial charge in [-0.1, -0.05) is 88.9 Å². The van der Waals surface area contributed by atoms with Crippen molar-refractivity contribution in [3.8, 4) is 0 Å². The second kappa shape index (κ2) is 18.3. The minimum atomic E-state index is 0.510. The zero-order valence-corrected chi connectivity index (χ0v) is 17.7. The van der Waals surface area contributed by atoms with Crippen molar-refractivity contribution in [3.63, 3.8) is 0 Å². The Morgan fingerprint density at radius 3 is 1.92 bits per heavy atom. The van der Waals surface area contributed by atoms with E-state index in [1.54, 1.807) is 0 Å². The Labute approximate surface area is 153 Å². The maximum absolute atomic E-state index is 3.61. The molecule has 1 rings (SSSR count). The molecule has 1 aromatic carbocycles. The molecule has 1 N–H and O–H groups in total. The molecule has 0 saturated carbocycles. The van der Waals surface area contributed by atoms with Gasteiger partial charge in [0.15, 0.2) is 0 Å². The molecule has 0 radical (unpaired) electrons. The second-order valence-electron chi connectivity index (χ2n) is 6.33. The van der Waals surface area contributed by atoms with Crippen molar-refractivity contribution in [2.24, 2.45) is 0 Å². The number of rotatable bonds is 8. The summed E-state index contributed by atoms with van der Waals surface area (Å²) in [7, 11) is 0. The molecule has 24 heavy (non-hydrogen) atoms. The van der Waals surface area contributed by atoms with Crippen molar-refractivity contribution in [1.82, 2.24) is 5.32 Å². The van der Waals surface area contributed by atoms with Crippen LogP contribution in [0.2, 0.25) is 0 Å². The molecule has 140 valence electrons. The van der Waals surface area contributed by atoms with Crippen LogP contribution in [0.1, 0.15) is 85.3 Å². The summed E-state index contributed by atoms with van der Waals surface area (Å²) in [6.07, 6.45) is 8.50. The van der Waals surface area contributed by atoms with Gasteiger partial charge in [0.1, 0.15) is 0 Å². The Kier molecular flexibility index (Phi) is 19.1. The van der Waals surface area contributed by atoms with E-state index in [0.29, 0.717) is 6.04 Å². The molecule has 0 aliphatic rings. The monoisotopic (exact) mass is 333 g/mol. The molecule has 1 heteroatoms. The van der Waals surface area contributed by atoms with Crippen molar-refractivity contribution in [1.29, 1.82) is 0 Å². The van der Waals surface area contributed by atoms with Gasteiger partial charge in [-0.05, 0) is 52.1 Å². The fourth-order valence-electron chi connectivity index (χ4n) is 2.05. The summed E-state index contributed by atoms with van der Waals surface area (Å²) in [6, 6.07) is 9.40. The third-order valence-corrected chi connectivity index (χ3v) is 3.56. The molecular formula is C23H43N. The number of benzene rings is 1. The van der Waals surface area contributed by atoms with Crippen LogP contribution in [0.5, 0.6) is 0 Å². The third-order valence-electron chi connectivity index (χ3n) is 3.56. The van der Waals surface area contributed by atoms with Crippen LogP contribution in [-0.2, 0) is 6.42 Å². The van der Waals surface area contributed by atoms with Gasteiger partial charge in [-0.2, -0.15) is 0 Å². The number of allylic oxidation sites excluding steroid dienone is 1. The van der Waals surface area contributed by atoms with Crippen molar-refractivity contribution >= 4 is 0 Å². The van der Waals surface area contributed by atoms with E-state index in [9.17, 15) is 0 Å². The fourth-order valence-corrected chi connectivity index (χ4v) is 2.05. The minimum Gasteiger partial charge on any atom is -0.311 e. The molecule has 1 nitrogen and oxygen atoms in total. The van der Waals surface area contributed by atoms with Crippen LogP contribution in [0.15, 0.2) is 35.9 Å². The molecule has 0 spiro atoms. The highest BCUT2D eigenvalue weighted by molar-refractivity contribution is 5.21. The Balaban J connectivity index is 0. The molecule has 0 aromatic heterocycles. The van der Waals surface area contributed by atoms with E-state index in [2.05, 4.69) is 77.2 Å². The topological polar surface area (TPSA) is 12.0 Å². The van der Waals surface area contributed by atoms with Crippen LogP contribution >= 0.6 is 0 Å². The highest BCUT2D eigenvalue weighted by atomic mass is 14.9. The lowest BCUT2D eigenvalue weighted by Gasteiger charge is -2.15. The van der Waals surface area contributed by atoms with E-state index in [4.69, 9.17) is 0 Å². The molecule has 0 amide bonds. The van der Waals surface area contributed by atoms with Crippen molar-refractivity contribution in [3.05, 3.63) is 47.0 Å². The van der Waals surface area contributed by atoms with Crippen LogP contribution < -0.4 is 5.32 Å². The molecule has 1 aromatic rings. The lowest BCUT2D eigenvalue weighted by atomic mass is 10.0. The van der Waals surface area contributed by atoms with Crippen LogP contribution in [0.25, 0.3) is 0 Å². The van der Waals surface area contributed by atoms with E-state index >= 15 is 0 Å². The molecule has 0 aliphatic carbocycles. The first-order valence-corrected chi connectivity index (χ1v) is 9.97. The fraction of sp³-hybridized carbons (Fsp3) is 0.652. The van der Waals surface area contributed by atoms with Crippen molar-refractivity contribution < 1.29 is 0 Å². The van der Waals surface area contributed by atoms with Crippen LogP contribution in [0.4, 0.5) is 0 Å². The highest BCUT2D eigenvalue weighted by Crippen LogP contribution is 2.09. The van der Waals surface area contributed by atoms with Gasteiger partial charge in [-0.25, -0.2) is 0 Å². The van der Waals surface area contributed by atoms with Gasteiger partial charge in [-0.15, -0.1) is 0 Å². The van der Waals surface area contributed by atoms with E-state index in [1.165, 1.54) is 42.4 Å². The van der Waals surface area contributed by atoms with Crippen molar-refractivity contribution in [2.75, 3.05) is 6.54 Å². The number of hydrogen-bond donors (Lipinski definition) is 1. The number of aryl methyl sites for hydroxylation is 2. The lowest BCUT2D eigenvalue weighted by molar-refractivity contribution is 0.551. The minimum absolute atomic E-state index is 0.510. The predicted molar refractivity (Wildman–Crippen MR) is 113 cm³/mol. The summed E-state index contributed by atoms with van der Waals surface area (Å²) in [5, 5.41) is 3.61. The van der Waals surface area contributed by atoms with Crippen molar-refractivity contribution in [2.45, 2.75) is 93.5 Å². The Bertz CT molecular complexity index is 383. The standard InChI is InChI=1S/C17H27N.C4H10.C2H6/c1-5-12-18-17(13-14(2)3)11-10-16-8-6-15(4)7-9-16;1-3-4-2;1-2/h6-9,13,17-18H,5,10-12H2,1-4H3;3-4H2,1-2H3;1-2H3. The van der Waals surface area contributed by atoms with Gasteiger partial charge in [0.25, 0.3) is 0 Å². The first-order chi connectivity index (χ1) is 11.5. The van der Waals surface area contributed by atoms with Gasteiger partial charge < -0.3 is 5.32 Å². The summed E-state index contributed by atoms with van der Waals surface area (Å²) < 4.78 is 0. The van der Waals surface area contributed by atoms with Gasteiger partial charge in [0, 0.05) is 6.04 Å². The number of nitrogens with one attached hydrogen (secondary N) is 1. The smallest absolute Gasteiger partial charge is 0.0255 e. The first kappa shape index (κ1) is 25.2. The molecule has 1 unspecified atom stereocenters. The summed E-state index contributed by atoms with van der Waals surface area (Å²) >= 11 is 0. The summed E-state index contributed by atoms with van der Waals surface area (Å²) in [6.45, 7) is 18.2. The average Bonchev–Trinajstić information content (AvgIpc) is 2.60. The molecule has 0 fully saturated rings. The van der Waals surface area contributed by atoms with Gasteiger partial charge in [0.2, 0.25) is 0 Å². The Morgan fingerprint density at radius 1 is 0.958 bits per heavy atom. The lowest BCUT2D eigenvalue weighted by Crippen LogP contribution is -2.28. The van der Waals surface area contributed by atoms with Crippen LogP contribution in [0.3, 0.4) is 0 Å².